The van der Waals surface area contributed by atoms with Crippen molar-refractivity contribution in [1.29, 1.82) is 0 Å². The maximum Gasteiger partial charge on any atom is 0.387 e. The van der Waals surface area contributed by atoms with Gasteiger partial charge in [0.2, 0.25) is 0 Å². The number of hydrogen-bond donors (Lipinski definition) is 0. The summed E-state index contributed by atoms with van der Waals surface area (Å²) in [4.78, 5) is 11.9. The largest absolute Gasteiger partial charge is 0.435 e. The Kier molecular flexibility index (Phi) is 5.75. The van der Waals surface area contributed by atoms with Gasteiger partial charge in [-0.25, -0.2) is 0 Å². The van der Waals surface area contributed by atoms with E-state index in [0.29, 0.717) is 17.9 Å². The summed E-state index contributed by atoms with van der Waals surface area (Å²) in [6.07, 6.45) is 2.55. The molecule has 18 heavy (non-hydrogen) atoms. The second kappa shape index (κ2) is 7.09. The molecule has 0 aliphatic heterocycles. The van der Waals surface area contributed by atoms with Gasteiger partial charge in [0, 0.05) is 12.0 Å². The number of Topliss-reactive ketones (excluding diaryl/α,β-unsaturated/α-hetero) is 1. The Hall–Kier alpha value is -1.45. The van der Waals surface area contributed by atoms with Gasteiger partial charge in [0.25, 0.3) is 0 Å². The van der Waals surface area contributed by atoms with Crippen molar-refractivity contribution in [2.75, 3.05) is 0 Å². The van der Waals surface area contributed by atoms with Crippen LogP contribution in [0.25, 0.3) is 0 Å². The molecule has 0 amide bonds. The zero-order valence-corrected chi connectivity index (χ0v) is 10.7. The maximum atomic E-state index is 11.9. The van der Waals surface area contributed by atoms with Crippen LogP contribution in [-0.4, -0.2) is 12.4 Å². The molecular weight excluding hydrogens is 238 g/mol. The summed E-state index contributed by atoms with van der Waals surface area (Å²) < 4.78 is 28.1. The second-order valence-corrected chi connectivity index (χ2v) is 4.42. The summed E-state index contributed by atoms with van der Waals surface area (Å²) >= 11 is 0. The highest BCUT2D eigenvalue weighted by Gasteiger charge is 2.11. The summed E-state index contributed by atoms with van der Waals surface area (Å²) in [5, 5.41) is 0. The number of rotatable bonds is 7. The van der Waals surface area contributed by atoms with Gasteiger partial charge in [-0.15, -0.1) is 0 Å². The van der Waals surface area contributed by atoms with Crippen molar-refractivity contribution in [3.63, 3.8) is 0 Å². The summed E-state index contributed by atoms with van der Waals surface area (Å²) in [5.74, 6) is 0.460. The van der Waals surface area contributed by atoms with E-state index in [4.69, 9.17) is 0 Å². The summed E-state index contributed by atoms with van der Waals surface area (Å²) in [6.45, 7) is 1.28. The minimum absolute atomic E-state index is 0.0412. The van der Waals surface area contributed by atoms with Gasteiger partial charge in [-0.2, -0.15) is 8.78 Å². The number of halogens is 2. The average molecular weight is 256 g/mol. The van der Waals surface area contributed by atoms with Crippen molar-refractivity contribution in [3.8, 4) is 5.75 Å². The lowest BCUT2D eigenvalue weighted by atomic mass is 9.96. The van der Waals surface area contributed by atoms with Crippen LogP contribution < -0.4 is 4.74 Å². The smallest absolute Gasteiger partial charge is 0.387 e. The zero-order valence-electron chi connectivity index (χ0n) is 10.7. The van der Waals surface area contributed by atoms with E-state index in [-0.39, 0.29) is 11.5 Å². The van der Waals surface area contributed by atoms with Crippen LogP contribution in [-0.2, 0) is 0 Å². The lowest BCUT2D eigenvalue weighted by Gasteiger charge is -2.09. The number of benzene rings is 1. The number of alkyl halides is 2. The molecule has 1 rings (SSSR count). The molecule has 4 heteroatoms. The van der Waals surface area contributed by atoms with E-state index in [1.165, 1.54) is 24.3 Å². The molecule has 0 spiro atoms. The first-order valence-electron chi connectivity index (χ1n) is 6.11. The highest BCUT2D eigenvalue weighted by atomic mass is 19.3. The van der Waals surface area contributed by atoms with Gasteiger partial charge in [-0.1, -0.05) is 26.7 Å². The molecule has 0 N–H and O–H groups in total. The molecule has 2 nitrogen and oxygen atoms in total. The van der Waals surface area contributed by atoms with E-state index in [2.05, 4.69) is 11.7 Å². The molecule has 1 atom stereocenters. The van der Waals surface area contributed by atoms with Crippen LogP contribution >= 0.6 is 0 Å². The quantitative estimate of drug-likeness (QED) is 0.680. The monoisotopic (exact) mass is 256 g/mol. The third kappa shape index (κ3) is 4.82. The van der Waals surface area contributed by atoms with Gasteiger partial charge in [0.1, 0.15) is 5.75 Å². The Morgan fingerprint density at radius 1 is 1.28 bits per heavy atom. The van der Waals surface area contributed by atoms with Gasteiger partial charge >= 0.3 is 6.61 Å². The molecular formula is C14H18F2O2. The van der Waals surface area contributed by atoms with Gasteiger partial charge < -0.3 is 4.74 Å². The molecule has 0 heterocycles. The molecule has 1 unspecified atom stereocenters. The molecule has 0 bridgehead atoms. The highest BCUT2D eigenvalue weighted by molar-refractivity contribution is 5.96. The van der Waals surface area contributed by atoms with Crippen LogP contribution in [0.15, 0.2) is 24.3 Å². The van der Waals surface area contributed by atoms with Crippen molar-refractivity contribution >= 4 is 5.78 Å². The predicted octanol–water partition coefficient (Wildman–Crippen LogP) is 4.30. The highest BCUT2D eigenvalue weighted by Crippen LogP contribution is 2.18. The first kappa shape index (κ1) is 14.6. The second-order valence-electron chi connectivity index (χ2n) is 4.42. The molecule has 0 saturated heterocycles. The van der Waals surface area contributed by atoms with Gasteiger partial charge in [-0.05, 0) is 30.2 Å². The minimum Gasteiger partial charge on any atom is -0.435 e. The van der Waals surface area contributed by atoms with Gasteiger partial charge in [-0.3, -0.25) is 4.79 Å². The van der Waals surface area contributed by atoms with Crippen LogP contribution in [0.5, 0.6) is 5.75 Å². The Labute approximate surface area is 106 Å². The number of ketones is 1. The molecule has 0 saturated carbocycles. The van der Waals surface area contributed by atoms with Crippen LogP contribution in [0, 0.1) is 5.92 Å². The summed E-state index contributed by atoms with van der Waals surface area (Å²) in [6, 6.07) is 5.84. The summed E-state index contributed by atoms with van der Waals surface area (Å²) in [5.41, 5.74) is 0.541. The van der Waals surface area contributed by atoms with Crippen molar-refractivity contribution < 1.29 is 18.3 Å². The Morgan fingerprint density at radius 2 is 1.89 bits per heavy atom. The fraction of sp³-hybridized carbons (Fsp3) is 0.500. The van der Waals surface area contributed by atoms with E-state index >= 15 is 0 Å². The molecule has 0 aliphatic carbocycles. The fourth-order valence-corrected chi connectivity index (χ4v) is 1.85. The summed E-state index contributed by atoms with van der Waals surface area (Å²) in [7, 11) is 0. The standard InChI is InChI=1S/C14H18F2O2/c1-3-4-10(2)9-13(17)11-5-7-12(8-6-11)18-14(15)16/h5-8,10,14H,3-4,9H2,1-2H3. The number of hydrogen-bond acceptors (Lipinski definition) is 2. The third-order valence-corrected chi connectivity index (χ3v) is 2.72. The third-order valence-electron chi connectivity index (χ3n) is 2.72. The van der Waals surface area contributed by atoms with Crippen LogP contribution in [0.3, 0.4) is 0 Å². The van der Waals surface area contributed by atoms with E-state index in [0.717, 1.165) is 12.8 Å². The van der Waals surface area contributed by atoms with E-state index < -0.39 is 6.61 Å². The molecule has 0 fully saturated rings. The van der Waals surface area contributed by atoms with E-state index in [1.807, 2.05) is 6.92 Å². The molecule has 0 aliphatic rings. The first-order valence-corrected chi connectivity index (χ1v) is 6.11. The fourth-order valence-electron chi connectivity index (χ4n) is 1.85. The lowest BCUT2D eigenvalue weighted by Crippen LogP contribution is -2.06. The van der Waals surface area contributed by atoms with E-state index in [1.54, 1.807) is 0 Å². The number of ether oxygens (including phenoxy) is 1. The normalized spacial score (nSPS) is 12.5. The van der Waals surface area contributed by atoms with Crippen LogP contribution in [0.4, 0.5) is 8.78 Å². The van der Waals surface area contributed by atoms with Crippen molar-refractivity contribution in [3.05, 3.63) is 29.8 Å². The Bertz CT molecular complexity index is 374. The molecule has 0 aromatic heterocycles. The van der Waals surface area contributed by atoms with Crippen molar-refractivity contribution in [2.24, 2.45) is 5.92 Å². The van der Waals surface area contributed by atoms with Crippen molar-refractivity contribution in [1.82, 2.24) is 0 Å². The minimum atomic E-state index is -2.84. The van der Waals surface area contributed by atoms with Crippen LogP contribution in [0.1, 0.15) is 43.5 Å². The first-order chi connectivity index (χ1) is 8.52. The van der Waals surface area contributed by atoms with Gasteiger partial charge in [0.05, 0.1) is 0 Å². The molecule has 1 aromatic carbocycles. The zero-order chi connectivity index (χ0) is 13.5. The van der Waals surface area contributed by atoms with Crippen LogP contribution in [0.2, 0.25) is 0 Å². The predicted molar refractivity (Wildman–Crippen MR) is 66.1 cm³/mol. The molecule has 1 aromatic rings. The van der Waals surface area contributed by atoms with Crippen molar-refractivity contribution in [2.45, 2.75) is 39.7 Å². The average Bonchev–Trinajstić information content (AvgIpc) is 2.29. The maximum absolute atomic E-state index is 11.9. The molecule has 100 valence electrons. The lowest BCUT2D eigenvalue weighted by molar-refractivity contribution is -0.0498. The van der Waals surface area contributed by atoms with Gasteiger partial charge in [0.15, 0.2) is 5.78 Å². The number of carbonyl (C=O) groups is 1. The SMILES string of the molecule is CCCC(C)CC(=O)c1ccc(OC(F)F)cc1. The Morgan fingerprint density at radius 3 is 2.39 bits per heavy atom. The topological polar surface area (TPSA) is 26.3 Å². The number of carbonyl (C=O) groups excluding carboxylic acids is 1. The Balaban J connectivity index is 2.59. The molecule has 0 radical (unpaired) electrons. The van der Waals surface area contributed by atoms with E-state index in [9.17, 15) is 13.6 Å².